The van der Waals surface area contributed by atoms with E-state index in [1.54, 1.807) is 0 Å². The van der Waals surface area contributed by atoms with E-state index in [9.17, 15) is 9.18 Å². The molecule has 2 rings (SSSR count). The van der Waals surface area contributed by atoms with Crippen molar-refractivity contribution in [2.24, 2.45) is 11.8 Å². The summed E-state index contributed by atoms with van der Waals surface area (Å²) in [7, 11) is 0. The Morgan fingerprint density at radius 2 is 2.04 bits per heavy atom. The van der Waals surface area contributed by atoms with Crippen LogP contribution in [0.4, 0.5) is 4.39 Å². The molecule has 1 N–H and O–H groups in total. The number of allylic oxidation sites excluding steroid dienone is 2. The molecule has 0 aromatic heterocycles. The monoisotopic (exact) mass is 474 g/mol. The molecule has 144 valence electrons. The summed E-state index contributed by atoms with van der Waals surface area (Å²) in [5.41, 5.74) is 2.17. The summed E-state index contributed by atoms with van der Waals surface area (Å²) in [5.74, 6) is 0.289. The number of unbranched alkanes of at least 4 members (excludes halogenated alkanes) is 1. The summed E-state index contributed by atoms with van der Waals surface area (Å²) >= 11 is 2.22. The first kappa shape index (κ1) is 21.2. The lowest BCUT2D eigenvalue weighted by molar-refractivity contribution is -0.137. The van der Waals surface area contributed by atoms with Crippen molar-refractivity contribution in [2.75, 3.05) is 6.61 Å². The van der Waals surface area contributed by atoms with Crippen molar-refractivity contribution in [3.05, 3.63) is 41.5 Å². The smallest absolute Gasteiger partial charge is 0.303 e. The summed E-state index contributed by atoms with van der Waals surface area (Å²) < 4.78 is 20.7. The Morgan fingerprint density at radius 3 is 2.69 bits per heavy atom. The number of para-hydroxylation sites is 1. The van der Waals surface area contributed by atoms with Gasteiger partial charge in [-0.15, -0.1) is 0 Å². The Morgan fingerprint density at radius 1 is 1.35 bits per heavy atom. The molecule has 5 heteroatoms. The van der Waals surface area contributed by atoms with Gasteiger partial charge in [-0.2, -0.15) is 0 Å². The number of benzene rings is 1. The van der Waals surface area contributed by atoms with Crippen molar-refractivity contribution >= 4 is 28.6 Å². The molecule has 4 atom stereocenters. The highest BCUT2D eigenvalue weighted by molar-refractivity contribution is 14.1. The van der Waals surface area contributed by atoms with Crippen LogP contribution in [0, 0.1) is 25.7 Å². The first-order valence-electron chi connectivity index (χ1n) is 9.24. The third-order valence-corrected chi connectivity index (χ3v) is 6.28. The largest absolute Gasteiger partial charge is 0.493 e. The van der Waals surface area contributed by atoms with Gasteiger partial charge >= 0.3 is 5.97 Å². The van der Waals surface area contributed by atoms with Crippen molar-refractivity contribution < 1.29 is 19.0 Å². The summed E-state index contributed by atoms with van der Waals surface area (Å²) in [4.78, 5) is 10.5. The highest BCUT2D eigenvalue weighted by atomic mass is 127. The van der Waals surface area contributed by atoms with Crippen molar-refractivity contribution in [1.29, 1.82) is 0 Å². The fraction of sp³-hybridized carbons (Fsp3) is 0.571. The molecule has 0 amide bonds. The van der Waals surface area contributed by atoms with Gasteiger partial charge in [-0.05, 0) is 56.6 Å². The van der Waals surface area contributed by atoms with Gasteiger partial charge in [-0.3, -0.25) is 4.79 Å². The van der Waals surface area contributed by atoms with E-state index >= 15 is 0 Å². The molecule has 1 aromatic rings. The van der Waals surface area contributed by atoms with Crippen LogP contribution >= 0.6 is 22.6 Å². The van der Waals surface area contributed by atoms with Crippen LogP contribution in [-0.2, 0) is 4.79 Å². The Balaban J connectivity index is 1.90. The van der Waals surface area contributed by atoms with Crippen molar-refractivity contribution in [3.8, 4) is 5.75 Å². The minimum atomic E-state index is -0.842. The molecule has 2 unspecified atom stereocenters. The quantitative estimate of drug-likeness (QED) is 0.218. The molecule has 26 heavy (non-hydrogen) atoms. The normalized spacial score (nSPS) is 25.7. The summed E-state index contributed by atoms with van der Waals surface area (Å²) in [6, 6.07) is 6.04. The van der Waals surface area contributed by atoms with E-state index in [1.165, 1.54) is 0 Å². The molecule has 0 aliphatic heterocycles. The van der Waals surface area contributed by atoms with Gasteiger partial charge in [0, 0.05) is 16.3 Å². The number of alkyl halides is 2. The molecule has 1 aliphatic rings. The second-order valence-electron chi connectivity index (χ2n) is 7.15. The van der Waals surface area contributed by atoms with E-state index in [0.29, 0.717) is 13.0 Å². The van der Waals surface area contributed by atoms with E-state index in [2.05, 4.69) is 28.7 Å². The van der Waals surface area contributed by atoms with Crippen molar-refractivity contribution in [3.63, 3.8) is 0 Å². The number of aliphatic carboxylic acids is 1. The molecule has 0 radical (unpaired) electrons. The number of carbonyl (C=O) groups is 1. The molecular weight excluding hydrogens is 446 g/mol. The first-order chi connectivity index (χ1) is 12.4. The van der Waals surface area contributed by atoms with E-state index < -0.39 is 12.1 Å². The number of aryl methyl sites for hydroxylation is 2. The van der Waals surface area contributed by atoms with Gasteiger partial charge in [-0.25, -0.2) is 4.39 Å². The average Bonchev–Trinajstić information content (AvgIpc) is 2.84. The summed E-state index contributed by atoms with van der Waals surface area (Å²) in [6.45, 7) is 4.44. The van der Waals surface area contributed by atoms with Gasteiger partial charge in [0.25, 0.3) is 0 Å². The highest BCUT2D eigenvalue weighted by Crippen LogP contribution is 2.41. The number of hydrogen-bond donors (Lipinski definition) is 1. The fourth-order valence-corrected chi connectivity index (χ4v) is 4.77. The highest BCUT2D eigenvalue weighted by Gasteiger charge is 2.42. The standard InChI is InChI=1S/C21H28FIO3/c1-14-8-7-9-15(2)21(14)26-13-17-16(12-18(23)20(17)22)10-5-3-4-6-11-19(24)25/h3,5,7-9,16-18,20H,4,6,10-13H2,1-2H3,(H,24,25)/b5-3-/t16-,17+,18?,20?/m0/s1. The molecule has 1 saturated carbocycles. The number of halogens is 2. The lowest BCUT2D eigenvalue weighted by Gasteiger charge is -2.22. The van der Waals surface area contributed by atoms with Gasteiger partial charge in [0.1, 0.15) is 11.9 Å². The number of rotatable bonds is 9. The van der Waals surface area contributed by atoms with Crippen LogP contribution in [-0.4, -0.2) is 27.8 Å². The zero-order chi connectivity index (χ0) is 19.1. The lowest BCUT2D eigenvalue weighted by Crippen LogP contribution is -2.25. The SMILES string of the molecule is Cc1cccc(C)c1OC[C@H]1C(F)C(I)C[C@@H]1C/C=C\CCCC(=O)O. The summed E-state index contributed by atoms with van der Waals surface area (Å²) in [5, 5.41) is 8.65. The Labute approximate surface area is 169 Å². The van der Waals surface area contributed by atoms with Gasteiger partial charge < -0.3 is 9.84 Å². The van der Waals surface area contributed by atoms with Gasteiger partial charge in [-0.1, -0.05) is 52.9 Å². The molecule has 1 aromatic carbocycles. The van der Waals surface area contributed by atoms with Crippen LogP contribution in [0.25, 0.3) is 0 Å². The van der Waals surface area contributed by atoms with Crippen LogP contribution in [0.15, 0.2) is 30.4 Å². The minimum absolute atomic E-state index is 0.0320. The zero-order valence-electron chi connectivity index (χ0n) is 15.5. The maximum atomic E-state index is 14.7. The number of carboxylic acids is 1. The van der Waals surface area contributed by atoms with Crippen molar-refractivity contribution in [1.82, 2.24) is 0 Å². The van der Waals surface area contributed by atoms with Gasteiger partial charge in [0.05, 0.1) is 6.61 Å². The minimum Gasteiger partial charge on any atom is -0.493 e. The molecule has 1 aliphatic carbocycles. The molecule has 0 spiro atoms. The fourth-order valence-electron chi connectivity index (χ4n) is 3.59. The van der Waals surface area contributed by atoms with Crippen LogP contribution in [0.2, 0.25) is 0 Å². The van der Waals surface area contributed by atoms with Crippen LogP contribution < -0.4 is 4.74 Å². The number of carboxylic acid groups (broad SMARTS) is 1. The van der Waals surface area contributed by atoms with Crippen LogP contribution in [0.5, 0.6) is 5.75 Å². The third-order valence-electron chi connectivity index (χ3n) is 5.08. The third kappa shape index (κ3) is 5.96. The molecule has 3 nitrogen and oxygen atoms in total. The molecule has 0 bridgehead atoms. The van der Waals surface area contributed by atoms with E-state index in [0.717, 1.165) is 36.1 Å². The van der Waals surface area contributed by atoms with Gasteiger partial charge in [0.15, 0.2) is 0 Å². The Bertz CT molecular complexity index is 611. The van der Waals surface area contributed by atoms with Gasteiger partial charge in [0.2, 0.25) is 0 Å². The molecular formula is C21H28FIO3. The predicted molar refractivity (Wildman–Crippen MR) is 111 cm³/mol. The maximum Gasteiger partial charge on any atom is 0.303 e. The predicted octanol–water partition coefficient (Wildman–Crippen LogP) is 5.66. The van der Waals surface area contributed by atoms with E-state index in [-0.39, 0.29) is 22.2 Å². The molecule has 1 fully saturated rings. The Hall–Kier alpha value is -1.11. The van der Waals surface area contributed by atoms with E-state index in [1.807, 2.05) is 38.1 Å². The van der Waals surface area contributed by atoms with Crippen LogP contribution in [0.1, 0.15) is 43.2 Å². The number of hydrogen-bond acceptors (Lipinski definition) is 2. The second kappa shape index (κ2) is 10.3. The first-order valence-corrected chi connectivity index (χ1v) is 10.5. The van der Waals surface area contributed by atoms with E-state index in [4.69, 9.17) is 9.84 Å². The maximum absolute atomic E-state index is 14.7. The zero-order valence-corrected chi connectivity index (χ0v) is 17.6. The second-order valence-corrected chi connectivity index (χ2v) is 8.75. The molecule has 0 saturated heterocycles. The van der Waals surface area contributed by atoms with Crippen LogP contribution in [0.3, 0.4) is 0 Å². The number of ether oxygens (including phenoxy) is 1. The molecule has 0 heterocycles. The van der Waals surface area contributed by atoms with Crippen molar-refractivity contribution in [2.45, 2.75) is 56.0 Å². The Kier molecular flexibility index (Phi) is 8.38. The topological polar surface area (TPSA) is 46.5 Å². The summed E-state index contributed by atoms with van der Waals surface area (Å²) in [6.07, 6.45) is 6.56. The average molecular weight is 474 g/mol. The lowest BCUT2D eigenvalue weighted by atomic mass is 9.92.